The number of rotatable bonds is 5. The van der Waals surface area contributed by atoms with Gasteiger partial charge in [-0.05, 0) is 29.8 Å². The minimum absolute atomic E-state index is 0.206. The molecule has 1 aliphatic rings. The number of methoxy groups -OCH3 is 1. The maximum Gasteiger partial charge on any atom is 0.414 e. The van der Waals surface area contributed by atoms with Crippen molar-refractivity contribution in [3.63, 3.8) is 0 Å². The number of nitrogens with one attached hydrogen (secondary N) is 1. The van der Waals surface area contributed by atoms with E-state index in [4.69, 9.17) is 9.47 Å². The molecule has 3 rings (SSSR count). The fourth-order valence-corrected chi connectivity index (χ4v) is 2.69. The molecule has 1 saturated heterocycles. The van der Waals surface area contributed by atoms with Gasteiger partial charge >= 0.3 is 6.09 Å². The molecule has 136 valence electrons. The molecule has 7 nitrogen and oxygen atoms in total. The van der Waals surface area contributed by atoms with Gasteiger partial charge in [-0.25, -0.2) is 14.2 Å². The number of carbonyl (C=O) groups excluding carboxylic acids is 2. The number of ether oxygens (including phenoxy) is 2. The van der Waals surface area contributed by atoms with Crippen molar-refractivity contribution in [3.05, 3.63) is 42.3 Å². The average Bonchev–Trinajstić information content (AvgIpc) is 3.00. The first-order valence-electron chi connectivity index (χ1n) is 8.00. The van der Waals surface area contributed by atoms with Gasteiger partial charge in [-0.1, -0.05) is 0 Å². The largest absolute Gasteiger partial charge is 0.481 e. The third kappa shape index (κ3) is 3.74. The number of hydrogen-bond donors (Lipinski definition) is 1. The molecule has 26 heavy (non-hydrogen) atoms. The Morgan fingerprint density at radius 3 is 2.92 bits per heavy atom. The highest BCUT2D eigenvalue weighted by Gasteiger charge is 2.32. The van der Waals surface area contributed by atoms with E-state index >= 15 is 0 Å². The Kier molecular flexibility index (Phi) is 5.01. The van der Waals surface area contributed by atoms with E-state index in [1.54, 1.807) is 24.3 Å². The molecule has 0 bridgehead atoms. The fourth-order valence-electron chi connectivity index (χ4n) is 2.69. The van der Waals surface area contributed by atoms with Crippen molar-refractivity contribution in [3.8, 4) is 17.0 Å². The molecule has 0 radical (unpaired) electrons. The van der Waals surface area contributed by atoms with Crippen molar-refractivity contribution in [2.45, 2.75) is 13.0 Å². The summed E-state index contributed by atoms with van der Waals surface area (Å²) in [7, 11) is 1.49. The number of benzene rings is 1. The summed E-state index contributed by atoms with van der Waals surface area (Å²) in [6, 6.07) is 7.82. The van der Waals surface area contributed by atoms with Crippen LogP contribution in [0.2, 0.25) is 0 Å². The van der Waals surface area contributed by atoms with Crippen molar-refractivity contribution >= 4 is 17.7 Å². The van der Waals surface area contributed by atoms with Crippen LogP contribution in [0.3, 0.4) is 0 Å². The molecular formula is C18H18FN3O4. The predicted octanol–water partition coefficient (Wildman–Crippen LogP) is 2.36. The summed E-state index contributed by atoms with van der Waals surface area (Å²) in [5, 5.41) is 2.60. The van der Waals surface area contributed by atoms with Crippen LogP contribution in [0.15, 0.2) is 36.5 Å². The summed E-state index contributed by atoms with van der Waals surface area (Å²) in [4.78, 5) is 28.3. The van der Waals surface area contributed by atoms with Gasteiger partial charge in [0, 0.05) is 24.8 Å². The Morgan fingerprint density at radius 2 is 2.23 bits per heavy atom. The van der Waals surface area contributed by atoms with Crippen molar-refractivity contribution in [1.82, 2.24) is 10.3 Å². The van der Waals surface area contributed by atoms with Gasteiger partial charge in [0.1, 0.15) is 11.9 Å². The first-order chi connectivity index (χ1) is 12.5. The summed E-state index contributed by atoms with van der Waals surface area (Å²) < 4.78 is 24.8. The van der Waals surface area contributed by atoms with Crippen LogP contribution in [0.25, 0.3) is 11.1 Å². The molecule has 1 aliphatic heterocycles. The van der Waals surface area contributed by atoms with Gasteiger partial charge in [-0.2, -0.15) is 0 Å². The van der Waals surface area contributed by atoms with Crippen LogP contribution >= 0.6 is 0 Å². The maximum absolute atomic E-state index is 14.6. The average molecular weight is 359 g/mol. The number of aromatic nitrogens is 1. The number of amides is 2. The molecule has 1 N–H and O–H groups in total. The number of pyridine rings is 1. The van der Waals surface area contributed by atoms with Crippen molar-refractivity contribution < 1.29 is 23.5 Å². The molecule has 2 aromatic rings. The summed E-state index contributed by atoms with van der Waals surface area (Å²) in [6.07, 6.45) is 0.489. The Labute approximate surface area is 149 Å². The predicted molar refractivity (Wildman–Crippen MR) is 92.5 cm³/mol. The van der Waals surface area contributed by atoms with Crippen LogP contribution in [0.5, 0.6) is 5.88 Å². The fraction of sp³-hybridized carbons (Fsp3) is 0.278. The van der Waals surface area contributed by atoms with Gasteiger partial charge in [0.2, 0.25) is 11.8 Å². The molecule has 1 aromatic heterocycles. The minimum Gasteiger partial charge on any atom is -0.481 e. The van der Waals surface area contributed by atoms with Gasteiger partial charge in [-0.15, -0.1) is 0 Å². The lowest BCUT2D eigenvalue weighted by Crippen LogP contribution is -2.33. The van der Waals surface area contributed by atoms with Crippen LogP contribution < -0.4 is 15.0 Å². The number of hydrogen-bond acceptors (Lipinski definition) is 5. The summed E-state index contributed by atoms with van der Waals surface area (Å²) in [6.45, 7) is 1.84. The van der Waals surface area contributed by atoms with Crippen LogP contribution in [0.1, 0.15) is 6.92 Å². The lowest BCUT2D eigenvalue weighted by molar-refractivity contribution is -0.119. The molecule has 1 aromatic carbocycles. The topological polar surface area (TPSA) is 80.8 Å². The van der Waals surface area contributed by atoms with Crippen molar-refractivity contribution in [1.29, 1.82) is 0 Å². The van der Waals surface area contributed by atoms with Crippen molar-refractivity contribution in [2.24, 2.45) is 0 Å². The van der Waals surface area contributed by atoms with E-state index < -0.39 is 18.0 Å². The van der Waals surface area contributed by atoms with Crippen LogP contribution in [0, 0.1) is 5.82 Å². The number of carbonyl (C=O) groups is 2. The summed E-state index contributed by atoms with van der Waals surface area (Å²) in [5.41, 5.74) is 1.38. The van der Waals surface area contributed by atoms with Crippen LogP contribution in [-0.4, -0.2) is 43.3 Å². The molecule has 2 heterocycles. The van der Waals surface area contributed by atoms with E-state index in [-0.39, 0.29) is 19.0 Å². The van der Waals surface area contributed by atoms with E-state index in [1.807, 2.05) is 0 Å². The van der Waals surface area contributed by atoms with Crippen molar-refractivity contribution in [2.75, 3.05) is 25.1 Å². The second-order valence-corrected chi connectivity index (χ2v) is 5.80. The van der Waals surface area contributed by atoms with E-state index in [2.05, 4.69) is 10.3 Å². The Bertz CT molecular complexity index is 843. The lowest BCUT2D eigenvalue weighted by Gasteiger charge is -2.14. The standard InChI is InChI=1S/C18H18FN3O4/c1-11(23)21-9-14-10-22(18(24)26-14)13-3-4-15(16(19)8-13)12-5-6-20-17(7-12)25-2/h3-8,14H,9-10H2,1-2H3,(H,21,23). The second-order valence-electron chi connectivity index (χ2n) is 5.80. The highest BCUT2D eigenvalue weighted by atomic mass is 19.1. The smallest absolute Gasteiger partial charge is 0.414 e. The molecular weight excluding hydrogens is 341 g/mol. The van der Waals surface area contributed by atoms with Crippen LogP contribution in [0.4, 0.5) is 14.9 Å². The Hall–Kier alpha value is -3.16. The first-order valence-corrected chi connectivity index (χ1v) is 8.00. The number of halogens is 1. The summed E-state index contributed by atoms with van der Waals surface area (Å²) >= 11 is 0. The van der Waals surface area contributed by atoms with Crippen LogP contribution in [-0.2, 0) is 9.53 Å². The molecule has 0 spiro atoms. The van der Waals surface area contributed by atoms with E-state index in [9.17, 15) is 14.0 Å². The normalized spacial score (nSPS) is 16.3. The monoisotopic (exact) mass is 359 g/mol. The number of cyclic esters (lactones) is 1. The van der Waals surface area contributed by atoms with Gasteiger partial charge in [0.15, 0.2) is 0 Å². The summed E-state index contributed by atoms with van der Waals surface area (Å²) in [5.74, 6) is -0.300. The van der Waals surface area contributed by atoms with Gasteiger partial charge in [0.05, 0.1) is 25.9 Å². The molecule has 1 fully saturated rings. The molecule has 1 unspecified atom stereocenters. The molecule has 1 atom stereocenters. The SMILES string of the molecule is COc1cc(-c2ccc(N3CC(CNC(C)=O)OC3=O)cc2F)ccn1. The van der Waals surface area contributed by atoms with E-state index in [0.29, 0.717) is 22.7 Å². The Morgan fingerprint density at radius 1 is 1.42 bits per heavy atom. The zero-order chi connectivity index (χ0) is 18.7. The highest BCUT2D eigenvalue weighted by Crippen LogP contribution is 2.30. The Balaban J connectivity index is 1.79. The first kappa shape index (κ1) is 17.7. The highest BCUT2D eigenvalue weighted by molar-refractivity contribution is 5.90. The zero-order valence-corrected chi connectivity index (χ0v) is 14.4. The zero-order valence-electron chi connectivity index (χ0n) is 14.4. The number of nitrogens with zero attached hydrogens (tertiary/aromatic N) is 2. The van der Waals surface area contributed by atoms with Gasteiger partial charge in [0.25, 0.3) is 0 Å². The van der Waals surface area contributed by atoms with E-state index in [1.165, 1.54) is 31.2 Å². The van der Waals surface area contributed by atoms with Gasteiger partial charge in [-0.3, -0.25) is 9.69 Å². The molecule has 2 amide bonds. The maximum atomic E-state index is 14.6. The second kappa shape index (κ2) is 7.38. The quantitative estimate of drug-likeness (QED) is 0.886. The lowest BCUT2D eigenvalue weighted by atomic mass is 10.1. The third-order valence-electron chi connectivity index (χ3n) is 3.97. The minimum atomic E-state index is -0.571. The molecule has 8 heteroatoms. The molecule has 0 saturated carbocycles. The number of anilines is 1. The van der Waals surface area contributed by atoms with Gasteiger partial charge < -0.3 is 14.8 Å². The molecule has 0 aliphatic carbocycles. The third-order valence-corrected chi connectivity index (χ3v) is 3.97. The van der Waals surface area contributed by atoms with E-state index in [0.717, 1.165) is 0 Å².